The van der Waals surface area contributed by atoms with Gasteiger partial charge in [-0.05, 0) is 60.4 Å². The van der Waals surface area contributed by atoms with Crippen LogP contribution in [0, 0.1) is 5.92 Å². The van der Waals surface area contributed by atoms with E-state index in [1.807, 2.05) is 48.5 Å². The fourth-order valence-corrected chi connectivity index (χ4v) is 3.05. The highest BCUT2D eigenvalue weighted by Crippen LogP contribution is 2.30. The molecule has 0 aromatic heterocycles. The number of nitrogens with one attached hydrogen (secondary N) is 2. The van der Waals surface area contributed by atoms with E-state index in [4.69, 9.17) is 0 Å². The number of carbonyl (C=O) groups excluding carboxylic acids is 2. The maximum atomic E-state index is 12.5. The first-order chi connectivity index (χ1) is 14.0. The van der Waals surface area contributed by atoms with E-state index in [9.17, 15) is 14.7 Å². The first kappa shape index (κ1) is 18.7. The predicted octanol–water partition coefficient (Wildman–Crippen LogP) is 4.05. The third-order valence-electron chi connectivity index (χ3n) is 4.95. The van der Waals surface area contributed by atoms with Crippen molar-refractivity contribution in [2.45, 2.75) is 19.8 Å². The second kappa shape index (κ2) is 7.75. The SMILES string of the molecule is C/C(=N\NC(=O)c1cc2ccccc2cc1O)c1ccc(NC(=O)C2CC2)cc1. The molecule has 1 aliphatic carbocycles. The Balaban J connectivity index is 1.44. The molecule has 6 nitrogen and oxygen atoms in total. The van der Waals surface area contributed by atoms with Crippen molar-refractivity contribution in [3.8, 4) is 5.75 Å². The summed E-state index contributed by atoms with van der Waals surface area (Å²) in [6.07, 6.45) is 1.92. The van der Waals surface area contributed by atoms with Crippen LogP contribution < -0.4 is 10.7 Å². The highest BCUT2D eigenvalue weighted by atomic mass is 16.3. The number of fused-ring (bicyclic) bond motifs is 1. The largest absolute Gasteiger partial charge is 0.507 e. The summed E-state index contributed by atoms with van der Waals surface area (Å²) < 4.78 is 0. The molecule has 0 spiro atoms. The standard InChI is InChI=1S/C23H21N3O3/c1-14(15-8-10-19(11-9-15)24-22(28)16-6-7-16)25-26-23(29)20-12-17-4-2-3-5-18(17)13-21(20)27/h2-5,8-13,16,27H,6-7H2,1H3,(H,24,28)(H,26,29)/b25-14+. The predicted molar refractivity (Wildman–Crippen MR) is 113 cm³/mol. The molecule has 3 aromatic carbocycles. The van der Waals surface area contributed by atoms with Crippen LogP contribution in [0.5, 0.6) is 5.75 Å². The number of hydrogen-bond acceptors (Lipinski definition) is 4. The summed E-state index contributed by atoms with van der Waals surface area (Å²) in [4.78, 5) is 24.3. The van der Waals surface area contributed by atoms with Crippen LogP contribution in [-0.4, -0.2) is 22.6 Å². The van der Waals surface area contributed by atoms with Gasteiger partial charge in [-0.15, -0.1) is 0 Å². The lowest BCUT2D eigenvalue weighted by Gasteiger charge is -2.08. The van der Waals surface area contributed by atoms with Crippen LogP contribution in [0.2, 0.25) is 0 Å². The summed E-state index contributed by atoms with van der Waals surface area (Å²) >= 11 is 0. The first-order valence-corrected chi connectivity index (χ1v) is 9.49. The van der Waals surface area contributed by atoms with E-state index in [0.717, 1.165) is 34.9 Å². The van der Waals surface area contributed by atoms with E-state index in [1.165, 1.54) is 0 Å². The van der Waals surface area contributed by atoms with Crippen LogP contribution in [0.25, 0.3) is 10.8 Å². The Labute approximate surface area is 168 Å². The Kier molecular flexibility index (Phi) is 4.99. The number of phenolic OH excluding ortho intramolecular Hbond substituents is 1. The molecule has 29 heavy (non-hydrogen) atoms. The van der Waals surface area contributed by atoms with Gasteiger partial charge in [0, 0.05) is 11.6 Å². The van der Waals surface area contributed by atoms with Crippen molar-refractivity contribution >= 4 is 34.0 Å². The van der Waals surface area contributed by atoms with Crippen LogP contribution in [-0.2, 0) is 4.79 Å². The van der Waals surface area contributed by atoms with Crippen molar-refractivity contribution in [2.75, 3.05) is 5.32 Å². The molecule has 0 atom stereocenters. The van der Waals surface area contributed by atoms with Crippen molar-refractivity contribution in [3.63, 3.8) is 0 Å². The Bertz CT molecular complexity index is 1120. The Morgan fingerprint density at radius 3 is 2.31 bits per heavy atom. The molecule has 3 N–H and O–H groups in total. The second-order valence-corrected chi connectivity index (χ2v) is 7.20. The summed E-state index contributed by atoms with van der Waals surface area (Å²) in [7, 11) is 0. The molecule has 0 radical (unpaired) electrons. The van der Waals surface area contributed by atoms with Gasteiger partial charge in [-0.25, -0.2) is 5.43 Å². The maximum Gasteiger partial charge on any atom is 0.275 e. The summed E-state index contributed by atoms with van der Waals surface area (Å²) in [6.45, 7) is 1.78. The van der Waals surface area contributed by atoms with Gasteiger partial charge >= 0.3 is 0 Å². The molecule has 0 heterocycles. The molecule has 0 unspecified atom stereocenters. The molecule has 1 fully saturated rings. The van der Waals surface area contributed by atoms with Crippen molar-refractivity contribution in [3.05, 3.63) is 71.8 Å². The van der Waals surface area contributed by atoms with Gasteiger partial charge in [0.1, 0.15) is 5.75 Å². The van der Waals surface area contributed by atoms with E-state index in [2.05, 4.69) is 15.8 Å². The van der Waals surface area contributed by atoms with Crippen LogP contribution in [0.1, 0.15) is 35.7 Å². The Hall–Kier alpha value is -3.67. The molecule has 0 bridgehead atoms. The van der Waals surface area contributed by atoms with Gasteiger partial charge in [0.15, 0.2) is 0 Å². The number of rotatable bonds is 5. The molecule has 6 heteroatoms. The topological polar surface area (TPSA) is 90.8 Å². The summed E-state index contributed by atoms with van der Waals surface area (Å²) in [5, 5.41) is 18.9. The second-order valence-electron chi connectivity index (χ2n) is 7.20. The van der Waals surface area contributed by atoms with Crippen molar-refractivity contribution in [2.24, 2.45) is 11.0 Å². The van der Waals surface area contributed by atoms with E-state index >= 15 is 0 Å². The number of hydrazone groups is 1. The number of amides is 2. The van der Waals surface area contributed by atoms with E-state index < -0.39 is 5.91 Å². The van der Waals surface area contributed by atoms with Gasteiger partial charge in [-0.3, -0.25) is 9.59 Å². The number of aromatic hydroxyl groups is 1. The lowest BCUT2D eigenvalue weighted by molar-refractivity contribution is -0.117. The Morgan fingerprint density at radius 2 is 1.66 bits per heavy atom. The van der Waals surface area contributed by atoms with Crippen LogP contribution >= 0.6 is 0 Å². The molecular formula is C23H21N3O3. The van der Waals surface area contributed by atoms with Crippen LogP contribution in [0.15, 0.2) is 65.8 Å². The smallest absolute Gasteiger partial charge is 0.275 e. The number of nitrogens with zero attached hydrogens (tertiary/aromatic N) is 1. The van der Waals surface area contributed by atoms with Crippen molar-refractivity contribution in [1.82, 2.24) is 5.43 Å². The Morgan fingerprint density at radius 1 is 1.00 bits per heavy atom. The molecular weight excluding hydrogens is 366 g/mol. The van der Waals surface area contributed by atoms with E-state index in [-0.39, 0.29) is 23.1 Å². The molecule has 1 saturated carbocycles. The number of hydrogen-bond donors (Lipinski definition) is 3. The lowest BCUT2D eigenvalue weighted by Crippen LogP contribution is -2.19. The van der Waals surface area contributed by atoms with E-state index in [0.29, 0.717) is 5.71 Å². The van der Waals surface area contributed by atoms with Crippen molar-refractivity contribution < 1.29 is 14.7 Å². The normalized spacial score (nSPS) is 13.9. The van der Waals surface area contributed by atoms with E-state index in [1.54, 1.807) is 19.1 Å². The van der Waals surface area contributed by atoms with Gasteiger partial charge < -0.3 is 10.4 Å². The third kappa shape index (κ3) is 4.27. The average molecular weight is 387 g/mol. The molecule has 0 aliphatic heterocycles. The minimum Gasteiger partial charge on any atom is -0.507 e. The molecule has 0 saturated heterocycles. The first-order valence-electron chi connectivity index (χ1n) is 9.49. The number of anilines is 1. The minimum absolute atomic E-state index is 0.0607. The highest BCUT2D eigenvalue weighted by Gasteiger charge is 2.29. The third-order valence-corrected chi connectivity index (χ3v) is 4.95. The van der Waals surface area contributed by atoms with Gasteiger partial charge in [-0.2, -0.15) is 5.10 Å². The highest BCUT2D eigenvalue weighted by molar-refractivity contribution is 6.04. The fraction of sp³-hybridized carbons (Fsp3) is 0.174. The molecule has 146 valence electrons. The number of phenols is 1. The van der Waals surface area contributed by atoms with Crippen molar-refractivity contribution in [1.29, 1.82) is 0 Å². The lowest BCUT2D eigenvalue weighted by atomic mass is 10.1. The zero-order valence-corrected chi connectivity index (χ0v) is 16.0. The summed E-state index contributed by atoms with van der Waals surface area (Å²) in [5.74, 6) is -0.365. The molecule has 3 aromatic rings. The van der Waals surface area contributed by atoms with Gasteiger partial charge in [0.05, 0.1) is 11.3 Å². The molecule has 2 amide bonds. The summed E-state index contributed by atoms with van der Waals surface area (Å²) in [5.41, 5.74) is 4.82. The quantitative estimate of drug-likeness (QED) is 0.456. The fourth-order valence-electron chi connectivity index (χ4n) is 3.05. The van der Waals surface area contributed by atoms with Gasteiger partial charge in [0.2, 0.25) is 5.91 Å². The van der Waals surface area contributed by atoms with Gasteiger partial charge in [-0.1, -0.05) is 36.4 Å². The summed E-state index contributed by atoms with van der Waals surface area (Å²) in [6, 6.07) is 18.0. The number of carbonyl (C=O) groups is 2. The minimum atomic E-state index is -0.485. The maximum absolute atomic E-state index is 12.5. The number of benzene rings is 3. The zero-order valence-electron chi connectivity index (χ0n) is 16.0. The van der Waals surface area contributed by atoms with Crippen LogP contribution in [0.3, 0.4) is 0 Å². The molecule has 4 rings (SSSR count). The molecule has 1 aliphatic rings. The average Bonchev–Trinajstić information content (AvgIpc) is 3.57. The van der Waals surface area contributed by atoms with Crippen LogP contribution in [0.4, 0.5) is 5.69 Å². The zero-order chi connectivity index (χ0) is 20.4. The monoisotopic (exact) mass is 387 g/mol. The van der Waals surface area contributed by atoms with Gasteiger partial charge in [0.25, 0.3) is 5.91 Å².